The van der Waals surface area contributed by atoms with Crippen LogP contribution in [0.4, 0.5) is 5.69 Å². The summed E-state index contributed by atoms with van der Waals surface area (Å²) in [4.78, 5) is 17.5. The average Bonchev–Trinajstić information content (AvgIpc) is 3.36. The normalized spacial score (nSPS) is 9.51. The Morgan fingerprint density at radius 1 is 1.09 bits per heavy atom. The number of hydrogen-bond donors (Lipinski definition) is 2. The third-order valence-electron chi connectivity index (χ3n) is 3.90. The molecule has 0 saturated heterocycles. The van der Waals surface area contributed by atoms with Gasteiger partial charge in [-0.3, -0.25) is 9.79 Å². The van der Waals surface area contributed by atoms with Crippen LogP contribution in [0.3, 0.4) is 0 Å². The average molecular weight is 538 g/mol. The third kappa shape index (κ3) is 19.9. The van der Waals surface area contributed by atoms with E-state index in [2.05, 4.69) is 60.4 Å². The molecule has 8 heteroatoms. The van der Waals surface area contributed by atoms with Gasteiger partial charge in [0.2, 0.25) is 0 Å². The molecule has 0 radical (unpaired) electrons. The number of halogens is 2. The molecule has 1 aromatic carbocycles. The molecule has 2 heterocycles. The highest BCUT2D eigenvalue weighted by Gasteiger charge is 2.12. The summed E-state index contributed by atoms with van der Waals surface area (Å²) in [6.45, 7) is 16.3. The van der Waals surface area contributed by atoms with Gasteiger partial charge in [0.25, 0.3) is 5.91 Å². The smallest absolute Gasteiger partial charge is 0.254 e. The Morgan fingerprint density at radius 2 is 1.66 bits per heavy atom. The summed E-state index contributed by atoms with van der Waals surface area (Å²) in [6.07, 6.45) is 5.28. The lowest BCUT2D eigenvalue weighted by Gasteiger charge is -2.24. The van der Waals surface area contributed by atoms with E-state index in [1.54, 1.807) is 6.07 Å². The molecular formula is C27H54Cl2N4O2. The zero-order valence-electron chi connectivity index (χ0n) is 21.7. The number of carbonyl (C=O) groups is 1. The molecule has 2 aromatic rings. The number of hydrogen-bond acceptors (Lipinski definition) is 5. The lowest BCUT2D eigenvalue weighted by atomic mass is 10.1. The number of nitrogens with zero attached hydrogens (tertiary/aromatic N) is 2. The first kappa shape index (κ1) is 46.3. The van der Waals surface area contributed by atoms with E-state index >= 15 is 0 Å². The molecule has 0 bridgehead atoms. The number of fused-ring (bicyclic) bond motifs is 1. The van der Waals surface area contributed by atoms with Crippen LogP contribution in [0.15, 0.2) is 52.3 Å². The number of carbonyl (C=O) groups excluding carboxylic acids is 1. The fourth-order valence-corrected chi connectivity index (χ4v) is 2.35. The first-order chi connectivity index (χ1) is 15.0. The van der Waals surface area contributed by atoms with Crippen molar-refractivity contribution in [2.24, 2.45) is 10.7 Å². The first-order valence-corrected chi connectivity index (χ1v) is 11.4. The molecule has 3 rings (SSSR count). The van der Waals surface area contributed by atoms with Crippen LogP contribution in [0.25, 0.3) is 0 Å². The Labute approximate surface area is 229 Å². The standard InChI is InChI=1S/C10H12N2.C7H9NO2.C4H11N.2C2H6.2CH4.2ClH/c1-8-9-5-3-4-6-10(9)12(2)7-11-8;1-2-8-7(9)6-3-4-10-5-6;1-2-3-4-5;2*1-2;;;;/h3-6H,7H2,1-2H3;3-5H,2H2,1H3,(H,8,9);2-5H2,1H3;2*1-2H3;2*1H4;2*1H. The number of rotatable bonds is 4. The number of unbranched alkanes of at least 4 members (excludes halogenated alkanes) is 1. The molecule has 0 spiro atoms. The van der Waals surface area contributed by atoms with Gasteiger partial charge in [0.15, 0.2) is 0 Å². The van der Waals surface area contributed by atoms with Crippen LogP contribution in [0.1, 0.15) is 92.1 Å². The van der Waals surface area contributed by atoms with Gasteiger partial charge in [0.1, 0.15) is 12.9 Å². The zero-order valence-corrected chi connectivity index (χ0v) is 23.3. The zero-order chi connectivity index (χ0) is 24.1. The van der Waals surface area contributed by atoms with Crippen molar-refractivity contribution in [3.05, 3.63) is 54.0 Å². The van der Waals surface area contributed by atoms with E-state index in [9.17, 15) is 4.79 Å². The number of para-hydroxylation sites is 1. The van der Waals surface area contributed by atoms with E-state index in [-0.39, 0.29) is 45.6 Å². The van der Waals surface area contributed by atoms with Crippen LogP contribution >= 0.6 is 24.8 Å². The van der Waals surface area contributed by atoms with Gasteiger partial charge in [-0.2, -0.15) is 0 Å². The maximum Gasteiger partial charge on any atom is 0.254 e. The molecule has 1 aromatic heterocycles. The molecule has 208 valence electrons. The van der Waals surface area contributed by atoms with Crippen molar-refractivity contribution in [1.29, 1.82) is 0 Å². The molecule has 3 N–H and O–H groups in total. The van der Waals surface area contributed by atoms with E-state index in [0.717, 1.165) is 18.9 Å². The van der Waals surface area contributed by atoms with Crippen LogP contribution < -0.4 is 16.0 Å². The minimum Gasteiger partial charge on any atom is -0.472 e. The maximum absolute atomic E-state index is 10.9. The SMILES string of the molecule is C.C.CC.CC.CC1=NCN(C)c2ccccc21.CCCCN.CCNC(=O)c1ccoc1.Cl.Cl. The number of nitrogens with one attached hydrogen (secondary N) is 1. The van der Waals surface area contributed by atoms with Gasteiger partial charge < -0.3 is 20.4 Å². The Hall–Kier alpha value is -2.02. The number of aliphatic imine (C=N–C) groups is 1. The lowest BCUT2D eigenvalue weighted by Crippen LogP contribution is -2.24. The predicted octanol–water partition coefficient (Wildman–Crippen LogP) is 7.85. The summed E-state index contributed by atoms with van der Waals surface area (Å²) in [5.41, 5.74) is 9.39. The first-order valence-electron chi connectivity index (χ1n) is 11.4. The van der Waals surface area contributed by atoms with Crippen LogP contribution in [-0.4, -0.2) is 38.4 Å². The third-order valence-corrected chi connectivity index (χ3v) is 3.90. The van der Waals surface area contributed by atoms with E-state index in [0.29, 0.717) is 12.1 Å². The molecule has 0 unspecified atom stereocenters. The number of furan rings is 1. The Morgan fingerprint density at radius 3 is 2.06 bits per heavy atom. The molecule has 0 saturated carbocycles. The van der Waals surface area contributed by atoms with Crippen LogP contribution in [-0.2, 0) is 0 Å². The van der Waals surface area contributed by atoms with Crippen LogP contribution in [0.2, 0.25) is 0 Å². The molecule has 0 aliphatic carbocycles. The number of nitrogens with two attached hydrogens (primary N) is 1. The molecule has 1 aliphatic heterocycles. The van der Waals surface area contributed by atoms with E-state index < -0.39 is 0 Å². The van der Waals surface area contributed by atoms with Crippen molar-refractivity contribution in [3.8, 4) is 0 Å². The van der Waals surface area contributed by atoms with Crippen LogP contribution in [0.5, 0.6) is 0 Å². The highest BCUT2D eigenvalue weighted by molar-refractivity contribution is 6.04. The van der Waals surface area contributed by atoms with Crippen molar-refractivity contribution in [2.75, 3.05) is 31.7 Å². The second kappa shape index (κ2) is 32.0. The van der Waals surface area contributed by atoms with Crippen molar-refractivity contribution in [2.45, 2.75) is 76.2 Å². The summed E-state index contributed by atoms with van der Waals surface area (Å²) in [5.74, 6) is -0.0868. The van der Waals surface area contributed by atoms with E-state index in [1.807, 2.05) is 34.6 Å². The summed E-state index contributed by atoms with van der Waals surface area (Å²) >= 11 is 0. The highest BCUT2D eigenvalue weighted by Crippen LogP contribution is 2.22. The Kier molecular flexibility index (Phi) is 42.3. The molecule has 0 fully saturated rings. The fourth-order valence-electron chi connectivity index (χ4n) is 2.35. The second-order valence-electron chi connectivity index (χ2n) is 6.11. The van der Waals surface area contributed by atoms with Gasteiger partial charge in [-0.15, -0.1) is 24.8 Å². The van der Waals surface area contributed by atoms with Gasteiger partial charge >= 0.3 is 0 Å². The monoisotopic (exact) mass is 536 g/mol. The number of benzene rings is 1. The van der Waals surface area contributed by atoms with E-state index in [4.69, 9.17) is 10.2 Å². The quantitative estimate of drug-likeness (QED) is 0.416. The minimum atomic E-state index is -0.0868. The molecule has 0 atom stereocenters. The minimum absolute atomic E-state index is 0. The maximum atomic E-state index is 10.9. The predicted molar refractivity (Wildman–Crippen MR) is 163 cm³/mol. The summed E-state index contributed by atoms with van der Waals surface area (Å²) in [6, 6.07) is 9.99. The van der Waals surface area contributed by atoms with Gasteiger partial charge in [0.05, 0.1) is 11.8 Å². The summed E-state index contributed by atoms with van der Waals surface area (Å²) in [5, 5.41) is 2.65. The number of anilines is 1. The topological polar surface area (TPSA) is 83.9 Å². The van der Waals surface area contributed by atoms with Crippen molar-refractivity contribution in [3.63, 3.8) is 0 Å². The van der Waals surface area contributed by atoms with Crippen molar-refractivity contribution >= 4 is 42.1 Å². The molecule has 1 amide bonds. The summed E-state index contributed by atoms with van der Waals surface area (Å²) in [7, 11) is 2.06. The van der Waals surface area contributed by atoms with Crippen molar-refractivity contribution < 1.29 is 9.21 Å². The second-order valence-corrected chi connectivity index (χ2v) is 6.11. The molecule has 35 heavy (non-hydrogen) atoms. The Balaban J connectivity index is -0.0000000840. The van der Waals surface area contributed by atoms with Gasteiger partial charge in [-0.1, -0.05) is 74.1 Å². The van der Waals surface area contributed by atoms with Gasteiger partial charge in [-0.25, -0.2) is 0 Å². The largest absolute Gasteiger partial charge is 0.472 e. The molecular weight excluding hydrogens is 483 g/mol. The molecule has 6 nitrogen and oxygen atoms in total. The highest BCUT2D eigenvalue weighted by atomic mass is 35.5. The van der Waals surface area contributed by atoms with Gasteiger partial charge in [0, 0.05) is 30.6 Å². The van der Waals surface area contributed by atoms with Crippen LogP contribution in [0, 0.1) is 0 Å². The fraction of sp³-hybridized carbons (Fsp3) is 0.556. The van der Waals surface area contributed by atoms with E-state index in [1.165, 1.54) is 36.6 Å². The van der Waals surface area contributed by atoms with Crippen molar-refractivity contribution in [1.82, 2.24) is 5.32 Å². The molecule has 1 aliphatic rings. The summed E-state index contributed by atoms with van der Waals surface area (Å²) < 4.78 is 4.72. The van der Waals surface area contributed by atoms with Gasteiger partial charge in [-0.05, 0) is 38.9 Å². The Bertz CT molecular complexity index is 707. The number of amides is 1. The lowest BCUT2D eigenvalue weighted by molar-refractivity contribution is 0.0955.